The SMILES string of the molecule is COc1c(N)ncnc1-n1cc(Cl)c(C)n1. The number of rotatable bonds is 2. The van der Waals surface area contributed by atoms with Crippen molar-refractivity contribution in [2.45, 2.75) is 6.92 Å². The van der Waals surface area contributed by atoms with E-state index in [0.717, 1.165) is 0 Å². The highest BCUT2D eigenvalue weighted by atomic mass is 35.5. The summed E-state index contributed by atoms with van der Waals surface area (Å²) in [5.41, 5.74) is 6.37. The second-order valence-electron chi connectivity index (χ2n) is 3.12. The maximum Gasteiger partial charge on any atom is 0.206 e. The summed E-state index contributed by atoms with van der Waals surface area (Å²) in [4.78, 5) is 7.89. The minimum Gasteiger partial charge on any atom is -0.490 e. The number of anilines is 1. The third-order valence-corrected chi connectivity index (χ3v) is 2.44. The molecule has 84 valence electrons. The number of nitrogen functional groups attached to an aromatic ring is 1. The number of hydrogen-bond donors (Lipinski definition) is 1. The Morgan fingerprint density at radius 2 is 2.19 bits per heavy atom. The van der Waals surface area contributed by atoms with E-state index in [0.29, 0.717) is 22.3 Å². The number of aryl methyl sites for hydroxylation is 1. The third kappa shape index (κ3) is 1.67. The van der Waals surface area contributed by atoms with Crippen molar-refractivity contribution in [3.8, 4) is 11.6 Å². The average Bonchev–Trinajstić information content (AvgIpc) is 2.59. The number of methoxy groups -OCH3 is 1. The van der Waals surface area contributed by atoms with Gasteiger partial charge in [0.25, 0.3) is 0 Å². The quantitative estimate of drug-likeness (QED) is 0.852. The minimum atomic E-state index is 0.261. The van der Waals surface area contributed by atoms with Crippen molar-refractivity contribution in [2.75, 3.05) is 12.8 Å². The van der Waals surface area contributed by atoms with Crippen LogP contribution < -0.4 is 10.5 Å². The zero-order valence-corrected chi connectivity index (χ0v) is 9.56. The van der Waals surface area contributed by atoms with Crippen LogP contribution in [0.15, 0.2) is 12.5 Å². The zero-order chi connectivity index (χ0) is 11.7. The van der Waals surface area contributed by atoms with Crippen LogP contribution >= 0.6 is 11.6 Å². The first-order chi connectivity index (χ1) is 7.63. The number of aromatic nitrogens is 4. The second-order valence-corrected chi connectivity index (χ2v) is 3.53. The number of ether oxygens (including phenoxy) is 1. The van der Waals surface area contributed by atoms with Gasteiger partial charge in [-0.2, -0.15) is 5.10 Å². The summed E-state index contributed by atoms with van der Waals surface area (Å²) in [6.45, 7) is 1.80. The third-order valence-electron chi connectivity index (χ3n) is 2.07. The van der Waals surface area contributed by atoms with Gasteiger partial charge in [-0.1, -0.05) is 11.6 Å². The number of halogens is 1. The first-order valence-corrected chi connectivity index (χ1v) is 4.88. The Hall–Kier alpha value is -1.82. The second kappa shape index (κ2) is 3.97. The standard InChI is InChI=1S/C9H10ClN5O/c1-5-6(10)3-15(14-5)9-7(16-2)8(11)12-4-13-9/h3-4H,1-2H3,(H2,11,12,13). The van der Waals surface area contributed by atoms with Gasteiger partial charge in [-0.15, -0.1) is 0 Å². The van der Waals surface area contributed by atoms with Gasteiger partial charge >= 0.3 is 0 Å². The van der Waals surface area contributed by atoms with Crippen molar-refractivity contribution in [3.05, 3.63) is 23.2 Å². The molecule has 2 aromatic heterocycles. The Kier molecular flexibility index (Phi) is 2.66. The van der Waals surface area contributed by atoms with E-state index in [4.69, 9.17) is 22.1 Å². The van der Waals surface area contributed by atoms with Crippen molar-refractivity contribution >= 4 is 17.4 Å². The molecule has 16 heavy (non-hydrogen) atoms. The van der Waals surface area contributed by atoms with Crippen LogP contribution in [0.1, 0.15) is 5.69 Å². The summed E-state index contributed by atoms with van der Waals surface area (Å²) in [6.07, 6.45) is 2.99. The smallest absolute Gasteiger partial charge is 0.206 e. The summed E-state index contributed by atoms with van der Waals surface area (Å²) in [5.74, 6) is 1.10. The van der Waals surface area contributed by atoms with Gasteiger partial charge in [0.1, 0.15) is 6.33 Å². The van der Waals surface area contributed by atoms with E-state index >= 15 is 0 Å². The molecule has 0 bridgehead atoms. The molecule has 0 unspecified atom stereocenters. The molecule has 2 aromatic rings. The zero-order valence-electron chi connectivity index (χ0n) is 8.81. The fraction of sp³-hybridized carbons (Fsp3) is 0.222. The highest BCUT2D eigenvalue weighted by Crippen LogP contribution is 2.26. The lowest BCUT2D eigenvalue weighted by Gasteiger charge is -2.07. The van der Waals surface area contributed by atoms with Gasteiger partial charge in [0.05, 0.1) is 24.0 Å². The topological polar surface area (TPSA) is 78.9 Å². The molecule has 6 nitrogen and oxygen atoms in total. The summed E-state index contributed by atoms with van der Waals surface area (Å²) < 4.78 is 6.63. The van der Waals surface area contributed by atoms with E-state index in [9.17, 15) is 0 Å². The largest absolute Gasteiger partial charge is 0.490 e. The van der Waals surface area contributed by atoms with E-state index in [-0.39, 0.29) is 5.82 Å². The molecule has 2 N–H and O–H groups in total. The van der Waals surface area contributed by atoms with Crippen LogP contribution in [0.25, 0.3) is 5.82 Å². The molecule has 0 radical (unpaired) electrons. The number of nitrogens with two attached hydrogens (primary N) is 1. The van der Waals surface area contributed by atoms with Crippen LogP contribution in [-0.2, 0) is 0 Å². The van der Waals surface area contributed by atoms with Crippen molar-refractivity contribution < 1.29 is 4.74 Å². The lowest BCUT2D eigenvalue weighted by atomic mass is 10.5. The molecule has 0 spiro atoms. The van der Waals surface area contributed by atoms with Gasteiger partial charge in [0.15, 0.2) is 5.82 Å². The van der Waals surface area contributed by atoms with Gasteiger partial charge < -0.3 is 10.5 Å². The van der Waals surface area contributed by atoms with Crippen molar-refractivity contribution in [1.29, 1.82) is 0 Å². The van der Waals surface area contributed by atoms with Crippen LogP contribution in [0.5, 0.6) is 5.75 Å². The van der Waals surface area contributed by atoms with Gasteiger partial charge in [-0.05, 0) is 6.92 Å². The molecule has 0 aliphatic carbocycles. The number of hydrogen-bond acceptors (Lipinski definition) is 5. The molecule has 0 fully saturated rings. The van der Waals surface area contributed by atoms with Crippen molar-refractivity contribution in [2.24, 2.45) is 0 Å². The number of nitrogens with zero attached hydrogens (tertiary/aromatic N) is 4. The van der Waals surface area contributed by atoms with Gasteiger partial charge in [0, 0.05) is 0 Å². The summed E-state index contributed by atoms with van der Waals surface area (Å²) in [7, 11) is 1.50. The first kappa shape index (κ1) is 10.7. The molecule has 2 heterocycles. The summed E-state index contributed by atoms with van der Waals surface area (Å²) in [5, 5.41) is 4.74. The van der Waals surface area contributed by atoms with Gasteiger partial charge in [-0.3, -0.25) is 0 Å². The summed E-state index contributed by atoms with van der Waals surface area (Å²) >= 11 is 5.92. The molecule has 2 rings (SSSR count). The maximum atomic E-state index is 5.92. The molecular weight excluding hydrogens is 230 g/mol. The molecule has 0 saturated heterocycles. The Morgan fingerprint density at radius 3 is 2.75 bits per heavy atom. The van der Waals surface area contributed by atoms with E-state index in [1.165, 1.54) is 18.1 Å². The molecule has 0 aromatic carbocycles. The molecule has 0 amide bonds. The van der Waals surface area contributed by atoms with E-state index in [2.05, 4.69) is 15.1 Å². The normalized spacial score (nSPS) is 10.4. The van der Waals surface area contributed by atoms with E-state index < -0.39 is 0 Å². The fourth-order valence-corrected chi connectivity index (χ4v) is 1.41. The lowest BCUT2D eigenvalue weighted by Crippen LogP contribution is -2.05. The highest BCUT2D eigenvalue weighted by Gasteiger charge is 2.13. The van der Waals surface area contributed by atoms with Crippen molar-refractivity contribution in [1.82, 2.24) is 19.7 Å². The van der Waals surface area contributed by atoms with Crippen LogP contribution in [-0.4, -0.2) is 26.9 Å². The lowest BCUT2D eigenvalue weighted by molar-refractivity contribution is 0.409. The maximum absolute atomic E-state index is 5.92. The summed E-state index contributed by atoms with van der Waals surface area (Å²) in [6, 6.07) is 0. The van der Waals surface area contributed by atoms with Crippen LogP contribution in [0.2, 0.25) is 5.02 Å². The van der Waals surface area contributed by atoms with Crippen LogP contribution in [0, 0.1) is 6.92 Å². The highest BCUT2D eigenvalue weighted by molar-refractivity contribution is 6.31. The Bertz CT molecular complexity index is 505. The Labute approximate surface area is 97.0 Å². The molecule has 0 aliphatic heterocycles. The first-order valence-electron chi connectivity index (χ1n) is 4.50. The molecule has 0 saturated carbocycles. The van der Waals surface area contributed by atoms with Crippen molar-refractivity contribution in [3.63, 3.8) is 0 Å². The van der Waals surface area contributed by atoms with Crippen LogP contribution in [0.3, 0.4) is 0 Å². The molecule has 0 aliphatic rings. The van der Waals surface area contributed by atoms with E-state index in [1.54, 1.807) is 13.1 Å². The van der Waals surface area contributed by atoms with Crippen LogP contribution in [0.4, 0.5) is 5.82 Å². The molecular formula is C9H10ClN5O. The Morgan fingerprint density at radius 1 is 1.44 bits per heavy atom. The fourth-order valence-electron chi connectivity index (χ4n) is 1.28. The van der Waals surface area contributed by atoms with Gasteiger partial charge in [-0.25, -0.2) is 14.6 Å². The molecule has 0 atom stereocenters. The average molecular weight is 240 g/mol. The predicted molar refractivity (Wildman–Crippen MR) is 59.9 cm³/mol. The monoisotopic (exact) mass is 239 g/mol. The minimum absolute atomic E-state index is 0.261. The van der Waals surface area contributed by atoms with E-state index in [1.807, 2.05) is 0 Å². The Balaban J connectivity index is 2.59. The predicted octanol–water partition coefficient (Wildman–Crippen LogP) is 1.21. The van der Waals surface area contributed by atoms with Gasteiger partial charge in [0.2, 0.25) is 11.6 Å². The molecule has 7 heteroatoms.